The van der Waals surface area contributed by atoms with Gasteiger partial charge < -0.3 is 9.47 Å². The lowest BCUT2D eigenvalue weighted by molar-refractivity contribution is -0.146. The van der Waals surface area contributed by atoms with Crippen LogP contribution >= 0.6 is 0 Å². The standard InChI is InChI=1S/C15H15NO4/c1-3-19-14(17)13(15(18)20-4-2)9-11-6-5-7-12(8-11)10-16/h5-9H,3-4H2,1-2H3. The number of rotatable bonds is 5. The van der Waals surface area contributed by atoms with Gasteiger partial charge in [-0.15, -0.1) is 0 Å². The van der Waals surface area contributed by atoms with Gasteiger partial charge in [-0.25, -0.2) is 9.59 Å². The highest BCUT2D eigenvalue weighted by molar-refractivity contribution is 6.17. The molecule has 0 saturated heterocycles. The third-order valence-corrected chi connectivity index (χ3v) is 2.32. The normalized spacial score (nSPS) is 9.25. The van der Waals surface area contributed by atoms with Crippen molar-refractivity contribution in [2.45, 2.75) is 13.8 Å². The first-order valence-corrected chi connectivity index (χ1v) is 6.18. The van der Waals surface area contributed by atoms with E-state index in [9.17, 15) is 9.59 Å². The number of esters is 2. The van der Waals surface area contributed by atoms with Crippen molar-refractivity contribution in [1.29, 1.82) is 5.26 Å². The van der Waals surface area contributed by atoms with Crippen LogP contribution in [0.4, 0.5) is 0 Å². The molecular weight excluding hydrogens is 258 g/mol. The van der Waals surface area contributed by atoms with Crippen molar-refractivity contribution in [2.75, 3.05) is 13.2 Å². The molecule has 1 aromatic carbocycles. The van der Waals surface area contributed by atoms with Crippen LogP contribution in [0, 0.1) is 11.3 Å². The molecule has 0 unspecified atom stereocenters. The summed E-state index contributed by atoms with van der Waals surface area (Å²) in [6, 6.07) is 8.53. The largest absolute Gasteiger partial charge is 0.462 e. The lowest BCUT2D eigenvalue weighted by atomic mass is 10.1. The van der Waals surface area contributed by atoms with Gasteiger partial charge in [0.2, 0.25) is 0 Å². The molecular formula is C15H15NO4. The van der Waals surface area contributed by atoms with Crippen molar-refractivity contribution in [3.05, 3.63) is 41.0 Å². The van der Waals surface area contributed by atoms with Gasteiger partial charge in [-0.3, -0.25) is 0 Å². The summed E-state index contributed by atoms with van der Waals surface area (Å²) in [5.41, 5.74) is 0.801. The molecule has 5 heteroatoms. The van der Waals surface area contributed by atoms with Gasteiger partial charge in [-0.2, -0.15) is 5.26 Å². The number of carbonyl (C=O) groups is 2. The van der Waals surface area contributed by atoms with Crippen molar-refractivity contribution in [2.24, 2.45) is 0 Å². The highest BCUT2D eigenvalue weighted by Gasteiger charge is 2.20. The molecule has 5 nitrogen and oxygen atoms in total. The number of ether oxygens (including phenoxy) is 2. The molecule has 0 aromatic heterocycles. The molecule has 0 spiro atoms. The fourth-order valence-corrected chi connectivity index (χ4v) is 1.48. The summed E-state index contributed by atoms with van der Waals surface area (Å²) >= 11 is 0. The zero-order valence-electron chi connectivity index (χ0n) is 11.4. The second-order valence-corrected chi connectivity index (χ2v) is 3.74. The van der Waals surface area contributed by atoms with Crippen LogP contribution in [0.15, 0.2) is 29.8 Å². The van der Waals surface area contributed by atoms with E-state index in [0.717, 1.165) is 0 Å². The molecule has 0 N–H and O–H groups in total. The Morgan fingerprint density at radius 3 is 2.30 bits per heavy atom. The maximum Gasteiger partial charge on any atom is 0.345 e. The lowest BCUT2D eigenvalue weighted by Gasteiger charge is -2.06. The maximum absolute atomic E-state index is 11.8. The van der Waals surface area contributed by atoms with Gasteiger partial charge in [0.05, 0.1) is 24.8 Å². The van der Waals surface area contributed by atoms with Gasteiger partial charge in [0.25, 0.3) is 0 Å². The van der Waals surface area contributed by atoms with E-state index in [4.69, 9.17) is 14.7 Å². The van der Waals surface area contributed by atoms with E-state index in [-0.39, 0.29) is 18.8 Å². The van der Waals surface area contributed by atoms with Crippen molar-refractivity contribution < 1.29 is 19.1 Å². The van der Waals surface area contributed by atoms with E-state index >= 15 is 0 Å². The van der Waals surface area contributed by atoms with Gasteiger partial charge in [0.1, 0.15) is 5.57 Å². The monoisotopic (exact) mass is 273 g/mol. The Kier molecular flexibility index (Phi) is 5.98. The average molecular weight is 273 g/mol. The molecule has 1 aromatic rings. The van der Waals surface area contributed by atoms with Crippen LogP contribution in [-0.4, -0.2) is 25.2 Å². The minimum atomic E-state index is -0.742. The fourth-order valence-electron chi connectivity index (χ4n) is 1.48. The topological polar surface area (TPSA) is 76.4 Å². The third-order valence-electron chi connectivity index (χ3n) is 2.32. The molecule has 20 heavy (non-hydrogen) atoms. The Hall–Kier alpha value is -2.61. The molecule has 1 rings (SSSR count). The second kappa shape index (κ2) is 7.74. The number of hydrogen-bond acceptors (Lipinski definition) is 5. The Balaban J connectivity index is 3.14. The van der Waals surface area contributed by atoms with E-state index in [1.54, 1.807) is 38.1 Å². The minimum Gasteiger partial charge on any atom is -0.462 e. The van der Waals surface area contributed by atoms with Crippen LogP contribution in [0.1, 0.15) is 25.0 Å². The summed E-state index contributed by atoms with van der Waals surface area (Å²) in [4.78, 5) is 23.5. The molecule has 0 aliphatic carbocycles. The Bertz CT molecular complexity index is 549. The fraction of sp³-hybridized carbons (Fsp3) is 0.267. The van der Waals surface area contributed by atoms with E-state index < -0.39 is 11.9 Å². The molecule has 0 heterocycles. The average Bonchev–Trinajstić information content (AvgIpc) is 2.45. The Labute approximate surface area is 117 Å². The highest BCUT2D eigenvalue weighted by atomic mass is 16.6. The van der Waals surface area contributed by atoms with Gasteiger partial charge in [-0.1, -0.05) is 12.1 Å². The number of hydrogen-bond donors (Lipinski definition) is 0. The summed E-state index contributed by atoms with van der Waals surface area (Å²) in [5.74, 6) is -1.48. The summed E-state index contributed by atoms with van der Waals surface area (Å²) in [6.07, 6.45) is 1.36. The first-order valence-electron chi connectivity index (χ1n) is 6.18. The van der Waals surface area contributed by atoms with Gasteiger partial charge in [0.15, 0.2) is 0 Å². The van der Waals surface area contributed by atoms with Crippen LogP contribution in [0.3, 0.4) is 0 Å². The van der Waals surface area contributed by atoms with E-state index in [2.05, 4.69) is 0 Å². The molecule has 0 radical (unpaired) electrons. The zero-order chi connectivity index (χ0) is 15.0. The highest BCUT2D eigenvalue weighted by Crippen LogP contribution is 2.12. The molecule has 0 atom stereocenters. The third kappa shape index (κ3) is 4.25. The molecule has 0 aliphatic heterocycles. The second-order valence-electron chi connectivity index (χ2n) is 3.74. The van der Waals surface area contributed by atoms with Crippen molar-refractivity contribution in [3.8, 4) is 6.07 Å². The van der Waals surface area contributed by atoms with Crippen LogP contribution < -0.4 is 0 Å². The molecule has 0 aliphatic rings. The van der Waals surface area contributed by atoms with Crippen molar-refractivity contribution in [1.82, 2.24) is 0 Å². The van der Waals surface area contributed by atoms with E-state index in [1.165, 1.54) is 6.08 Å². The summed E-state index contributed by atoms with van der Waals surface area (Å²) in [7, 11) is 0. The first kappa shape index (κ1) is 15.4. The SMILES string of the molecule is CCOC(=O)C(=Cc1cccc(C#N)c1)C(=O)OCC. The first-order chi connectivity index (χ1) is 9.62. The summed E-state index contributed by atoms with van der Waals surface area (Å²) in [6.45, 7) is 3.62. The van der Waals surface area contributed by atoms with Crippen LogP contribution in [-0.2, 0) is 19.1 Å². The van der Waals surface area contributed by atoms with Crippen LogP contribution in [0.25, 0.3) is 6.08 Å². The molecule has 104 valence electrons. The molecule has 0 saturated carbocycles. The quantitative estimate of drug-likeness (QED) is 0.355. The van der Waals surface area contributed by atoms with Crippen molar-refractivity contribution >= 4 is 18.0 Å². The number of nitrogens with zero attached hydrogens (tertiary/aromatic N) is 1. The number of carbonyl (C=O) groups excluding carboxylic acids is 2. The zero-order valence-corrected chi connectivity index (χ0v) is 11.4. The van der Waals surface area contributed by atoms with Gasteiger partial charge in [0, 0.05) is 0 Å². The predicted octanol–water partition coefficient (Wildman–Crippen LogP) is 2.07. The van der Waals surface area contributed by atoms with E-state index in [1.807, 2.05) is 6.07 Å². The summed E-state index contributed by atoms with van der Waals surface area (Å²) < 4.78 is 9.65. The van der Waals surface area contributed by atoms with Crippen molar-refractivity contribution in [3.63, 3.8) is 0 Å². The minimum absolute atomic E-state index is 0.161. The maximum atomic E-state index is 11.8. The summed E-state index contributed by atoms with van der Waals surface area (Å²) in [5, 5.41) is 8.83. The van der Waals surface area contributed by atoms with Crippen LogP contribution in [0.5, 0.6) is 0 Å². The van der Waals surface area contributed by atoms with E-state index in [0.29, 0.717) is 11.1 Å². The predicted molar refractivity (Wildman–Crippen MR) is 72.4 cm³/mol. The van der Waals surface area contributed by atoms with Crippen LogP contribution in [0.2, 0.25) is 0 Å². The smallest absolute Gasteiger partial charge is 0.345 e. The molecule has 0 fully saturated rings. The Morgan fingerprint density at radius 1 is 1.20 bits per heavy atom. The lowest BCUT2D eigenvalue weighted by Crippen LogP contribution is -2.18. The molecule has 0 amide bonds. The Morgan fingerprint density at radius 2 is 1.80 bits per heavy atom. The molecule has 0 bridgehead atoms. The number of benzene rings is 1. The van der Waals surface area contributed by atoms with Gasteiger partial charge in [-0.05, 0) is 37.6 Å². The van der Waals surface area contributed by atoms with Gasteiger partial charge >= 0.3 is 11.9 Å². The number of nitriles is 1.